The van der Waals surface area contributed by atoms with E-state index in [1.54, 1.807) is 17.4 Å². The van der Waals surface area contributed by atoms with E-state index in [9.17, 15) is 0 Å². The first kappa shape index (κ1) is 14.9. The molecule has 1 saturated heterocycles. The number of thiophene rings is 1. The van der Waals surface area contributed by atoms with Crippen LogP contribution in [0.5, 0.6) is 0 Å². The number of ether oxygens (including phenoxy) is 1. The summed E-state index contributed by atoms with van der Waals surface area (Å²) in [5, 5.41) is 9.42. The van der Waals surface area contributed by atoms with Crippen molar-refractivity contribution in [1.29, 1.82) is 5.26 Å². The predicted molar refractivity (Wildman–Crippen MR) is 88.0 cm³/mol. The molecule has 1 fully saturated rings. The molecule has 4 heterocycles. The molecular weight excluding hydrogens is 296 g/mol. The van der Waals surface area contributed by atoms with Gasteiger partial charge in [0.25, 0.3) is 0 Å². The summed E-state index contributed by atoms with van der Waals surface area (Å²) in [6.45, 7) is 5.19. The van der Waals surface area contributed by atoms with Crippen molar-refractivity contribution in [3.05, 3.63) is 23.5 Å². The average molecular weight is 314 g/mol. The molecule has 0 spiro atoms. The molecule has 1 aliphatic heterocycles. The van der Waals surface area contributed by atoms with E-state index in [0.29, 0.717) is 6.04 Å². The first-order valence-electron chi connectivity index (χ1n) is 7.35. The minimum Gasteiger partial charge on any atom is -0.379 e. The Morgan fingerprint density at radius 2 is 2.27 bits per heavy atom. The monoisotopic (exact) mass is 314 g/mol. The molecule has 22 heavy (non-hydrogen) atoms. The van der Waals surface area contributed by atoms with Gasteiger partial charge in [0.2, 0.25) is 0 Å². The SMILES string of the molecule is CC#N.Cc1nc2cnc3ccsc3c2n1C1CCCOC1. The highest BCUT2D eigenvalue weighted by Crippen LogP contribution is 2.33. The second-order valence-electron chi connectivity index (χ2n) is 5.25. The smallest absolute Gasteiger partial charge is 0.109 e. The number of hydrogen-bond donors (Lipinski definition) is 0. The Morgan fingerprint density at radius 3 is 3.00 bits per heavy atom. The molecule has 0 bridgehead atoms. The predicted octanol–water partition coefficient (Wildman–Crippen LogP) is 3.84. The summed E-state index contributed by atoms with van der Waals surface area (Å²) in [7, 11) is 0. The molecule has 0 amide bonds. The van der Waals surface area contributed by atoms with Gasteiger partial charge in [0.1, 0.15) is 11.3 Å². The largest absolute Gasteiger partial charge is 0.379 e. The lowest BCUT2D eigenvalue weighted by Crippen LogP contribution is -2.22. The number of aromatic nitrogens is 3. The first-order valence-corrected chi connectivity index (χ1v) is 8.23. The number of rotatable bonds is 1. The number of aryl methyl sites for hydroxylation is 1. The highest BCUT2D eigenvalue weighted by molar-refractivity contribution is 7.18. The molecule has 3 aromatic heterocycles. The lowest BCUT2D eigenvalue weighted by atomic mass is 10.1. The highest BCUT2D eigenvalue weighted by Gasteiger charge is 2.22. The molecule has 114 valence electrons. The average Bonchev–Trinajstić information content (AvgIpc) is 3.11. The maximum absolute atomic E-state index is 7.32. The van der Waals surface area contributed by atoms with E-state index in [-0.39, 0.29) is 0 Å². The first-order chi connectivity index (χ1) is 10.8. The van der Waals surface area contributed by atoms with Crippen molar-refractivity contribution in [2.45, 2.75) is 32.7 Å². The summed E-state index contributed by atoms with van der Waals surface area (Å²) < 4.78 is 9.24. The van der Waals surface area contributed by atoms with E-state index in [0.717, 1.165) is 36.5 Å². The molecule has 4 rings (SSSR count). The van der Waals surface area contributed by atoms with Crippen LogP contribution in [0.25, 0.3) is 21.3 Å². The Bertz CT molecular complexity index is 824. The van der Waals surface area contributed by atoms with Crippen molar-refractivity contribution < 1.29 is 4.74 Å². The quantitative estimate of drug-likeness (QED) is 0.684. The molecule has 6 heteroatoms. The molecule has 0 aliphatic carbocycles. The molecular formula is C16H18N4OS. The zero-order chi connectivity index (χ0) is 15.5. The normalized spacial score (nSPS) is 18.0. The van der Waals surface area contributed by atoms with Crippen molar-refractivity contribution in [3.63, 3.8) is 0 Å². The van der Waals surface area contributed by atoms with Gasteiger partial charge in [-0.2, -0.15) is 5.26 Å². The summed E-state index contributed by atoms with van der Waals surface area (Å²) in [5.74, 6) is 1.06. The van der Waals surface area contributed by atoms with Crippen LogP contribution in [0.3, 0.4) is 0 Å². The second kappa shape index (κ2) is 6.42. The summed E-state index contributed by atoms with van der Waals surface area (Å²) >= 11 is 1.74. The van der Waals surface area contributed by atoms with Crippen molar-refractivity contribution >= 4 is 32.6 Å². The number of nitrogens with zero attached hydrogens (tertiary/aromatic N) is 4. The van der Waals surface area contributed by atoms with Crippen molar-refractivity contribution in [1.82, 2.24) is 14.5 Å². The van der Waals surface area contributed by atoms with Gasteiger partial charge in [0.15, 0.2) is 0 Å². The second-order valence-corrected chi connectivity index (χ2v) is 6.17. The van der Waals surface area contributed by atoms with Crippen LogP contribution in [0.2, 0.25) is 0 Å². The molecule has 1 atom stereocenters. The standard InChI is InChI=1S/C14H15N3OS.C2H3N/c1-9-16-12-7-15-11-4-6-19-14(11)13(12)17(9)10-3-2-5-18-8-10;1-2-3/h4,6-7,10H,2-3,5,8H2,1H3;1H3. The summed E-state index contributed by atoms with van der Waals surface area (Å²) in [6.07, 6.45) is 4.18. The van der Waals surface area contributed by atoms with E-state index < -0.39 is 0 Å². The number of fused-ring (bicyclic) bond motifs is 3. The molecule has 0 aromatic carbocycles. The van der Waals surface area contributed by atoms with Crippen molar-refractivity contribution in [2.24, 2.45) is 0 Å². The van der Waals surface area contributed by atoms with Crippen LogP contribution in [0, 0.1) is 18.3 Å². The third kappa shape index (κ3) is 2.58. The Morgan fingerprint density at radius 1 is 1.45 bits per heavy atom. The minimum absolute atomic E-state index is 0.409. The van der Waals surface area contributed by atoms with Crippen LogP contribution in [0.4, 0.5) is 0 Å². The number of pyridine rings is 1. The maximum atomic E-state index is 7.32. The van der Waals surface area contributed by atoms with Crippen molar-refractivity contribution in [2.75, 3.05) is 13.2 Å². The van der Waals surface area contributed by atoms with Gasteiger partial charge in [-0.1, -0.05) is 0 Å². The Hall–Kier alpha value is -1.97. The summed E-state index contributed by atoms with van der Waals surface area (Å²) in [6, 6.07) is 4.23. The van der Waals surface area contributed by atoms with Crippen molar-refractivity contribution in [3.8, 4) is 6.07 Å². The van der Waals surface area contributed by atoms with E-state index in [2.05, 4.69) is 32.9 Å². The fourth-order valence-electron chi connectivity index (χ4n) is 2.97. The van der Waals surface area contributed by atoms with Crippen LogP contribution < -0.4 is 0 Å². The van der Waals surface area contributed by atoms with Crippen LogP contribution in [0.1, 0.15) is 31.6 Å². The van der Waals surface area contributed by atoms with Gasteiger partial charge in [-0.15, -0.1) is 11.3 Å². The molecule has 5 nitrogen and oxygen atoms in total. The Kier molecular flexibility index (Phi) is 4.36. The van der Waals surface area contributed by atoms with Crippen LogP contribution >= 0.6 is 11.3 Å². The zero-order valence-corrected chi connectivity index (χ0v) is 13.6. The summed E-state index contributed by atoms with van der Waals surface area (Å²) in [5.41, 5.74) is 3.29. The van der Waals surface area contributed by atoms with Gasteiger partial charge in [-0.3, -0.25) is 4.98 Å². The Balaban J connectivity index is 0.000000446. The van der Waals surface area contributed by atoms with Gasteiger partial charge < -0.3 is 9.30 Å². The van der Waals surface area contributed by atoms with Gasteiger partial charge >= 0.3 is 0 Å². The number of imidazole rings is 1. The van der Waals surface area contributed by atoms with Gasteiger partial charge in [0.05, 0.1) is 40.6 Å². The molecule has 0 N–H and O–H groups in total. The molecule has 0 radical (unpaired) electrons. The lowest BCUT2D eigenvalue weighted by molar-refractivity contribution is 0.0599. The topological polar surface area (TPSA) is 63.7 Å². The van der Waals surface area contributed by atoms with Crippen LogP contribution in [-0.4, -0.2) is 27.7 Å². The van der Waals surface area contributed by atoms with E-state index in [1.165, 1.54) is 23.6 Å². The fraction of sp³-hybridized carbons (Fsp3) is 0.438. The zero-order valence-electron chi connectivity index (χ0n) is 12.7. The van der Waals surface area contributed by atoms with E-state index in [1.807, 2.05) is 6.20 Å². The minimum atomic E-state index is 0.409. The lowest BCUT2D eigenvalue weighted by Gasteiger charge is -2.25. The van der Waals surface area contributed by atoms with Gasteiger partial charge in [-0.25, -0.2) is 4.98 Å². The molecule has 0 saturated carbocycles. The summed E-state index contributed by atoms with van der Waals surface area (Å²) in [4.78, 5) is 9.14. The number of hydrogen-bond acceptors (Lipinski definition) is 5. The molecule has 1 unspecified atom stereocenters. The van der Waals surface area contributed by atoms with Crippen LogP contribution in [0.15, 0.2) is 17.6 Å². The Labute approximate surface area is 133 Å². The molecule has 3 aromatic rings. The number of nitriles is 1. The third-order valence-electron chi connectivity index (χ3n) is 3.80. The maximum Gasteiger partial charge on any atom is 0.109 e. The van der Waals surface area contributed by atoms with Crippen LogP contribution in [-0.2, 0) is 4.74 Å². The van der Waals surface area contributed by atoms with E-state index in [4.69, 9.17) is 10.00 Å². The molecule has 1 aliphatic rings. The van der Waals surface area contributed by atoms with Gasteiger partial charge in [-0.05, 0) is 31.2 Å². The highest BCUT2D eigenvalue weighted by atomic mass is 32.1. The van der Waals surface area contributed by atoms with E-state index >= 15 is 0 Å². The third-order valence-corrected chi connectivity index (χ3v) is 4.71. The fourth-order valence-corrected chi connectivity index (χ4v) is 3.86. The van der Waals surface area contributed by atoms with Gasteiger partial charge in [0, 0.05) is 13.5 Å².